The van der Waals surface area contributed by atoms with Gasteiger partial charge in [0.1, 0.15) is 17.4 Å². The van der Waals surface area contributed by atoms with Crippen LogP contribution in [0.15, 0.2) is 77.5 Å². The lowest BCUT2D eigenvalue weighted by Gasteiger charge is -2.30. The molecule has 1 N–H and O–H groups in total. The zero-order chi connectivity index (χ0) is 28.7. The number of nitrogens with one attached hydrogen (secondary N) is 1. The Morgan fingerprint density at radius 1 is 0.897 bits per heavy atom. The Morgan fingerprint density at radius 3 is 2.03 bits per heavy atom. The van der Waals surface area contributed by atoms with E-state index in [4.69, 9.17) is 23.7 Å². The van der Waals surface area contributed by atoms with Crippen LogP contribution in [0.5, 0.6) is 0 Å². The average molecular weight is 541 g/mol. The van der Waals surface area contributed by atoms with Gasteiger partial charge in [0, 0.05) is 17.7 Å². The van der Waals surface area contributed by atoms with Gasteiger partial charge in [0.05, 0.1) is 29.5 Å². The first-order valence-corrected chi connectivity index (χ1v) is 11.8. The number of hydrogen-bond donors (Lipinski definition) is 1. The van der Waals surface area contributed by atoms with Crippen molar-refractivity contribution in [1.82, 2.24) is 5.32 Å². The standard InChI is InChI=1S/C27H28N2O10/c1-15(2)36-26(31)37-22-16(3)28-17(4)23(21(22)19-12-9-13-20(14-19)29(33)34)38-27(32)39-24(25(30)35-5)18-10-7-6-8-11-18/h6-15,21,24,28H,1-5H3. The molecule has 39 heavy (non-hydrogen) atoms. The second-order valence-corrected chi connectivity index (χ2v) is 8.69. The predicted octanol–water partition coefficient (Wildman–Crippen LogP) is 5.37. The maximum absolute atomic E-state index is 13.0. The van der Waals surface area contributed by atoms with E-state index < -0.39 is 41.3 Å². The van der Waals surface area contributed by atoms with E-state index >= 15 is 0 Å². The summed E-state index contributed by atoms with van der Waals surface area (Å²) in [4.78, 5) is 48.7. The number of rotatable bonds is 8. The summed E-state index contributed by atoms with van der Waals surface area (Å²) >= 11 is 0. The van der Waals surface area contributed by atoms with Gasteiger partial charge in [0.2, 0.25) is 6.10 Å². The summed E-state index contributed by atoms with van der Waals surface area (Å²) in [7, 11) is 1.15. The van der Waals surface area contributed by atoms with Crippen molar-refractivity contribution in [1.29, 1.82) is 0 Å². The van der Waals surface area contributed by atoms with Crippen LogP contribution in [0.25, 0.3) is 0 Å². The number of non-ortho nitro benzene ring substituents is 1. The smallest absolute Gasteiger partial charge is 0.466 e. The van der Waals surface area contributed by atoms with Crippen molar-refractivity contribution in [3.63, 3.8) is 0 Å². The highest BCUT2D eigenvalue weighted by Gasteiger charge is 2.37. The Kier molecular flexibility index (Phi) is 9.26. The molecule has 0 saturated carbocycles. The van der Waals surface area contributed by atoms with Gasteiger partial charge in [-0.05, 0) is 33.3 Å². The molecular formula is C27H28N2O10. The number of nitrogens with zero attached hydrogens (tertiary/aromatic N) is 1. The van der Waals surface area contributed by atoms with Crippen LogP contribution in [-0.4, -0.2) is 36.4 Å². The minimum Gasteiger partial charge on any atom is -0.466 e. The predicted molar refractivity (Wildman–Crippen MR) is 136 cm³/mol. The van der Waals surface area contributed by atoms with Crippen LogP contribution in [0.3, 0.4) is 0 Å². The monoisotopic (exact) mass is 540 g/mol. The number of nitro benzene ring substituents is 1. The van der Waals surface area contributed by atoms with Gasteiger partial charge in [-0.15, -0.1) is 0 Å². The van der Waals surface area contributed by atoms with Gasteiger partial charge in [-0.2, -0.15) is 0 Å². The van der Waals surface area contributed by atoms with Gasteiger partial charge in [0.25, 0.3) is 5.69 Å². The first kappa shape index (κ1) is 28.7. The van der Waals surface area contributed by atoms with Crippen molar-refractivity contribution in [3.8, 4) is 0 Å². The number of allylic oxidation sites excluding steroid dienone is 2. The van der Waals surface area contributed by atoms with Crippen molar-refractivity contribution in [2.45, 2.75) is 45.8 Å². The lowest BCUT2D eigenvalue weighted by molar-refractivity contribution is -0.384. The van der Waals surface area contributed by atoms with E-state index in [0.717, 1.165) is 7.11 Å². The van der Waals surface area contributed by atoms with Gasteiger partial charge in [0.15, 0.2) is 0 Å². The van der Waals surface area contributed by atoms with Crippen LogP contribution in [0, 0.1) is 10.1 Å². The fraction of sp³-hybridized carbons (Fsp3) is 0.296. The third kappa shape index (κ3) is 7.12. The molecule has 0 bridgehead atoms. The number of esters is 1. The summed E-state index contributed by atoms with van der Waals surface area (Å²) in [5.41, 5.74) is 1.11. The molecule has 1 heterocycles. The minimum absolute atomic E-state index is 0.0119. The van der Waals surface area contributed by atoms with E-state index in [0.29, 0.717) is 17.0 Å². The Balaban J connectivity index is 2.00. The average Bonchev–Trinajstić information content (AvgIpc) is 2.89. The first-order chi connectivity index (χ1) is 18.5. The van der Waals surface area contributed by atoms with Gasteiger partial charge in [-0.3, -0.25) is 10.1 Å². The second-order valence-electron chi connectivity index (χ2n) is 8.69. The first-order valence-electron chi connectivity index (χ1n) is 11.8. The molecule has 1 aliphatic heterocycles. The third-order valence-corrected chi connectivity index (χ3v) is 5.50. The van der Waals surface area contributed by atoms with Crippen LogP contribution in [-0.2, 0) is 28.5 Å². The molecule has 0 fully saturated rings. The number of carbonyl (C=O) groups is 3. The zero-order valence-corrected chi connectivity index (χ0v) is 22.0. The molecule has 2 aromatic carbocycles. The Labute approximate surface area is 224 Å². The van der Waals surface area contributed by atoms with Crippen molar-refractivity contribution < 1.29 is 43.0 Å². The van der Waals surface area contributed by atoms with E-state index in [1.54, 1.807) is 64.1 Å². The Morgan fingerprint density at radius 2 is 1.49 bits per heavy atom. The summed E-state index contributed by atoms with van der Waals surface area (Å²) in [6, 6.07) is 13.7. The number of methoxy groups -OCH3 is 1. The van der Waals surface area contributed by atoms with E-state index in [-0.39, 0.29) is 22.8 Å². The largest absolute Gasteiger partial charge is 0.514 e. The second kappa shape index (κ2) is 12.6. The van der Waals surface area contributed by atoms with Crippen LogP contribution < -0.4 is 5.32 Å². The minimum atomic E-state index is -1.42. The number of hydrogen-bond acceptors (Lipinski definition) is 11. The summed E-state index contributed by atoms with van der Waals surface area (Å²) in [5.74, 6) is -2.01. The highest BCUT2D eigenvalue weighted by atomic mass is 16.7. The molecule has 2 atom stereocenters. The molecule has 0 aromatic heterocycles. The highest BCUT2D eigenvalue weighted by molar-refractivity contribution is 5.79. The van der Waals surface area contributed by atoms with Crippen LogP contribution >= 0.6 is 0 Å². The fourth-order valence-electron chi connectivity index (χ4n) is 3.85. The molecule has 0 spiro atoms. The van der Waals surface area contributed by atoms with E-state index in [1.807, 2.05) is 0 Å². The third-order valence-electron chi connectivity index (χ3n) is 5.50. The van der Waals surface area contributed by atoms with E-state index in [1.165, 1.54) is 18.2 Å². The molecular weight excluding hydrogens is 512 g/mol. The Hall–Kier alpha value is -4.87. The lowest BCUT2D eigenvalue weighted by atomic mass is 9.90. The lowest BCUT2D eigenvalue weighted by Crippen LogP contribution is -2.30. The molecule has 2 aromatic rings. The maximum Gasteiger partial charge on any atom is 0.514 e. The molecule has 3 rings (SSSR count). The number of carbonyl (C=O) groups excluding carboxylic acids is 3. The zero-order valence-electron chi connectivity index (χ0n) is 22.0. The fourth-order valence-corrected chi connectivity index (χ4v) is 3.85. The SMILES string of the molecule is COC(=O)C(OC(=O)OC1=C(C)NC(C)=C(OC(=O)OC(C)C)C1c1cccc([N+](=O)[O-])c1)c1ccccc1. The summed E-state index contributed by atoms with van der Waals surface area (Å²) in [5, 5.41) is 14.4. The Bertz CT molecular complexity index is 1320. The van der Waals surface area contributed by atoms with Crippen molar-refractivity contribution >= 4 is 24.0 Å². The van der Waals surface area contributed by atoms with Gasteiger partial charge >= 0.3 is 18.3 Å². The van der Waals surface area contributed by atoms with Crippen LogP contribution in [0.4, 0.5) is 15.3 Å². The molecule has 2 unspecified atom stereocenters. The van der Waals surface area contributed by atoms with Gasteiger partial charge in [-0.1, -0.05) is 42.5 Å². The van der Waals surface area contributed by atoms with Crippen molar-refractivity contribution in [3.05, 3.63) is 98.8 Å². The molecule has 206 valence electrons. The van der Waals surface area contributed by atoms with Crippen LogP contribution in [0.2, 0.25) is 0 Å². The molecule has 0 aliphatic carbocycles. The van der Waals surface area contributed by atoms with Crippen molar-refractivity contribution in [2.75, 3.05) is 7.11 Å². The topological polar surface area (TPSA) is 153 Å². The molecule has 0 amide bonds. The highest BCUT2D eigenvalue weighted by Crippen LogP contribution is 2.40. The maximum atomic E-state index is 13.0. The van der Waals surface area contributed by atoms with E-state index in [9.17, 15) is 24.5 Å². The van der Waals surface area contributed by atoms with Crippen LogP contribution in [0.1, 0.15) is 50.8 Å². The molecule has 12 heteroatoms. The molecule has 0 radical (unpaired) electrons. The number of ether oxygens (including phenoxy) is 5. The summed E-state index contributed by atoms with van der Waals surface area (Å²) in [6.07, 6.45) is -4.19. The summed E-state index contributed by atoms with van der Waals surface area (Å²) in [6.45, 7) is 6.48. The molecule has 12 nitrogen and oxygen atoms in total. The normalized spacial score (nSPS) is 15.7. The quantitative estimate of drug-likeness (QED) is 0.199. The number of benzene rings is 2. The molecule has 0 saturated heterocycles. The number of dihydropyridines is 1. The summed E-state index contributed by atoms with van der Waals surface area (Å²) < 4.78 is 26.3. The van der Waals surface area contributed by atoms with Crippen molar-refractivity contribution in [2.24, 2.45) is 0 Å². The van der Waals surface area contributed by atoms with E-state index in [2.05, 4.69) is 5.32 Å². The van der Waals surface area contributed by atoms with Gasteiger partial charge in [-0.25, -0.2) is 14.4 Å². The number of nitro groups is 1. The van der Waals surface area contributed by atoms with Gasteiger partial charge < -0.3 is 29.0 Å². The molecule has 1 aliphatic rings.